The van der Waals surface area contributed by atoms with Crippen molar-refractivity contribution < 1.29 is 32.3 Å². The quantitative estimate of drug-likeness (QED) is 0.404. The summed E-state index contributed by atoms with van der Waals surface area (Å²) >= 11 is 6.07. The Morgan fingerprint density at radius 2 is 1.68 bits per heavy atom. The molecule has 11 heteroatoms. The van der Waals surface area contributed by atoms with E-state index in [-0.39, 0.29) is 23.7 Å². The van der Waals surface area contributed by atoms with E-state index in [4.69, 9.17) is 16.3 Å². The number of benzene rings is 3. The molecule has 3 amide bonds. The van der Waals surface area contributed by atoms with Crippen LogP contribution in [0.15, 0.2) is 83.5 Å². The molecule has 2 N–H and O–H groups in total. The summed E-state index contributed by atoms with van der Waals surface area (Å²) in [6, 6.07) is 17.3. The number of nitrogens with zero attached hydrogens (tertiary/aromatic N) is 1. The van der Waals surface area contributed by atoms with Gasteiger partial charge in [-0.2, -0.15) is 13.2 Å². The van der Waals surface area contributed by atoms with Crippen molar-refractivity contribution in [3.63, 3.8) is 0 Å². The van der Waals surface area contributed by atoms with Gasteiger partial charge in [-0.05, 0) is 48.0 Å². The van der Waals surface area contributed by atoms with Crippen LogP contribution in [0.5, 0.6) is 5.75 Å². The van der Waals surface area contributed by atoms with E-state index in [9.17, 15) is 27.6 Å². The molecule has 0 unspecified atom stereocenters. The molecule has 190 valence electrons. The molecular formula is C26H19ClF3N3O4. The van der Waals surface area contributed by atoms with Crippen LogP contribution in [-0.2, 0) is 27.0 Å². The zero-order chi connectivity index (χ0) is 26.7. The second-order valence-electron chi connectivity index (χ2n) is 7.93. The van der Waals surface area contributed by atoms with Crippen LogP contribution < -0.4 is 20.3 Å². The van der Waals surface area contributed by atoms with Crippen LogP contribution in [0.1, 0.15) is 11.1 Å². The van der Waals surface area contributed by atoms with Gasteiger partial charge in [-0.25, -0.2) is 4.90 Å². The first-order valence-corrected chi connectivity index (χ1v) is 11.2. The van der Waals surface area contributed by atoms with E-state index in [1.54, 1.807) is 48.5 Å². The Labute approximate surface area is 214 Å². The van der Waals surface area contributed by atoms with E-state index in [0.717, 1.165) is 12.1 Å². The van der Waals surface area contributed by atoms with E-state index in [1.807, 2.05) is 0 Å². The first-order valence-electron chi connectivity index (χ1n) is 10.8. The highest BCUT2D eigenvalue weighted by Crippen LogP contribution is 2.35. The van der Waals surface area contributed by atoms with Crippen molar-refractivity contribution in [3.8, 4) is 5.75 Å². The average Bonchev–Trinajstić information content (AvgIpc) is 3.08. The van der Waals surface area contributed by atoms with Gasteiger partial charge in [-0.3, -0.25) is 14.4 Å². The number of ether oxygens (including phenoxy) is 1. The molecule has 0 aromatic heterocycles. The molecule has 0 fully saturated rings. The first-order chi connectivity index (χ1) is 17.6. The highest BCUT2D eigenvalue weighted by atomic mass is 35.5. The van der Waals surface area contributed by atoms with E-state index in [2.05, 4.69) is 10.6 Å². The molecule has 7 nitrogen and oxygen atoms in total. The van der Waals surface area contributed by atoms with Crippen LogP contribution in [0.4, 0.5) is 30.2 Å². The molecular weight excluding hydrogens is 511 g/mol. The molecule has 3 aromatic carbocycles. The van der Waals surface area contributed by atoms with Crippen molar-refractivity contribution in [3.05, 3.63) is 94.7 Å². The summed E-state index contributed by atoms with van der Waals surface area (Å²) in [5.74, 6) is -1.59. The zero-order valence-electron chi connectivity index (χ0n) is 19.2. The Balaban J connectivity index is 1.44. The Morgan fingerprint density at radius 1 is 0.973 bits per heavy atom. The van der Waals surface area contributed by atoms with E-state index in [1.165, 1.54) is 13.2 Å². The predicted octanol–water partition coefficient (Wildman–Crippen LogP) is 5.33. The third-order valence-electron chi connectivity index (χ3n) is 5.43. The number of alkyl halides is 3. The number of hydrogen-bond acceptors (Lipinski definition) is 5. The van der Waals surface area contributed by atoms with Crippen molar-refractivity contribution >= 4 is 46.4 Å². The molecule has 3 aromatic rings. The molecule has 0 saturated carbocycles. The summed E-state index contributed by atoms with van der Waals surface area (Å²) in [7, 11) is 1.50. The van der Waals surface area contributed by atoms with Crippen molar-refractivity contribution in [2.24, 2.45) is 0 Å². The zero-order valence-corrected chi connectivity index (χ0v) is 20.0. The smallest absolute Gasteiger partial charge is 0.416 e. The van der Waals surface area contributed by atoms with Gasteiger partial charge >= 0.3 is 6.18 Å². The number of rotatable bonds is 7. The number of imide groups is 1. The molecule has 0 atom stereocenters. The van der Waals surface area contributed by atoms with Crippen LogP contribution >= 0.6 is 11.6 Å². The van der Waals surface area contributed by atoms with E-state index in [0.29, 0.717) is 33.7 Å². The van der Waals surface area contributed by atoms with Gasteiger partial charge in [0.05, 0.1) is 30.5 Å². The standard InChI is InChI=1S/C26H19ClF3N3O4/c1-37-20-8-3-2-7-19(20)32-21(34)13-15-9-11-17(12-10-15)31-23-22(27)24(35)33(25(23)36)18-6-4-5-16(14-18)26(28,29)30/h2-12,14,31H,13H2,1H3,(H,32,34). The van der Waals surface area contributed by atoms with Crippen LogP contribution in [-0.4, -0.2) is 24.8 Å². The Morgan fingerprint density at radius 3 is 2.35 bits per heavy atom. The highest BCUT2D eigenvalue weighted by Gasteiger charge is 2.40. The maximum atomic E-state index is 13.1. The topological polar surface area (TPSA) is 87.7 Å². The lowest BCUT2D eigenvalue weighted by Gasteiger charge is -2.17. The minimum atomic E-state index is -4.65. The lowest BCUT2D eigenvalue weighted by molar-refractivity contribution is -0.137. The number of halogens is 4. The molecule has 1 aliphatic heterocycles. The van der Waals surface area contributed by atoms with Gasteiger partial charge in [-0.1, -0.05) is 41.9 Å². The Kier molecular flexibility index (Phi) is 7.21. The first kappa shape index (κ1) is 25.8. The molecule has 0 spiro atoms. The minimum absolute atomic E-state index is 0.0581. The Bertz CT molecular complexity index is 1400. The summed E-state index contributed by atoms with van der Waals surface area (Å²) < 4.78 is 44.4. The molecule has 1 heterocycles. The fourth-order valence-electron chi connectivity index (χ4n) is 3.65. The molecule has 0 radical (unpaired) electrons. The summed E-state index contributed by atoms with van der Waals surface area (Å²) in [5.41, 5.74) is 0.0477. The fraction of sp³-hybridized carbons (Fsp3) is 0.115. The predicted molar refractivity (Wildman–Crippen MR) is 132 cm³/mol. The molecule has 37 heavy (non-hydrogen) atoms. The number of para-hydroxylation sites is 2. The summed E-state index contributed by atoms with van der Waals surface area (Å²) in [4.78, 5) is 38.5. The van der Waals surface area contributed by atoms with Crippen molar-refractivity contribution in [2.75, 3.05) is 22.6 Å². The van der Waals surface area contributed by atoms with Crippen LogP contribution in [0.3, 0.4) is 0 Å². The summed E-state index contributed by atoms with van der Waals surface area (Å²) in [6.07, 6.45) is -4.59. The van der Waals surface area contributed by atoms with Crippen LogP contribution in [0.2, 0.25) is 0 Å². The van der Waals surface area contributed by atoms with Crippen LogP contribution in [0, 0.1) is 0 Å². The SMILES string of the molecule is COc1ccccc1NC(=O)Cc1ccc(NC2=C(Cl)C(=O)N(c3cccc(C(F)(F)F)c3)C2=O)cc1. The number of methoxy groups -OCH3 is 1. The lowest BCUT2D eigenvalue weighted by atomic mass is 10.1. The number of nitrogens with one attached hydrogen (secondary N) is 2. The maximum Gasteiger partial charge on any atom is 0.416 e. The molecule has 4 rings (SSSR count). The lowest BCUT2D eigenvalue weighted by Crippen LogP contribution is -2.32. The normalized spacial score (nSPS) is 13.7. The number of carbonyl (C=O) groups is 3. The molecule has 0 aliphatic carbocycles. The van der Waals surface area contributed by atoms with Crippen molar-refractivity contribution in [1.82, 2.24) is 0 Å². The largest absolute Gasteiger partial charge is 0.495 e. The molecule has 0 bridgehead atoms. The van der Waals surface area contributed by atoms with Gasteiger partial charge in [0, 0.05) is 5.69 Å². The second kappa shape index (κ2) is 10.4. The highest BCUT2D eigenvalue weighted by molar-refractivity contribution is 6.53. The van der Waals surface area contributed by atoms with E-state index >= 15 is 0 Å². The van der Waals surface area contributed by atoms with Gasteiger partial charge in [0.25, 0.3) is 11.8 Å². The van der Waals surface area contributed by atoms with E-state index < -0.39 is 28.6 Å². The number of carbonyl (C=O) groups excluding carboxylic acids is 3. The third-order valence-corrected chi connectivity index (χ3v) is 5.78. The van der Waals surface area contributed by atoms with Gasteiger partial charge in [-0.15, -0.1) is 0 Å². The summed E-state index contributed by atoms with van der Waals surface area (Å²) in [6.45, 7) is 0. The van der Waals surface area contributed by atoms with Gasteiger partial charge in [0.1, 0.15) is 16.5 Å². The maximum absolute atomic E-state index is 13.1. The van der Waals surface area contributed by atoms with Gasteiger partial charge in [0.15, 0.2) is 0 Å². The van der Waals surface area contributed by atoms with Crippen molar-refractivity contribution in [2.45, 2.75) is 12.6 Å². The fourth-order valence-corrected chi connectivity index (χ4v) is 3.86. The van der Waals surface area contributed by atoms with Gasteiger partial charge in [0.2, 0.25) is 5.91 Å². The number of anilines is 3. The Hall–Kier alpha value is -4.31. The number of hydrogen-bond donors (Lipinski definition) is 2. The van der Waals surface area contributed by atoms with Gasteiger partial charge < -0.3 is 15.4 Å². The van der Waals surface area contributed by atoms with Crippen molar-refractivity contribution in [1.29, 1.82) is 0 Å². The monoisotopic (exact) mass is 529 g/mol. The molecule has 0 saturated heterocycles. The number of amides is 3. The third kappa shape index (κ3) is 5.59. The molecule has 1 aliphatic rings. The summed E-state index contributed by atoms with van der Waals surface area (Å²) in [5, 5.41) is 5.06. The van der Waals surface area contributed by atoms with Crippen LogP contribution in [0.25, 0.3) is 0 Å². The minimum Gasteiger partial charge on any atom is -0.495 e. The second-order valence-corrected chi connectivity index (χ2v) is 8.31. The average molecular weight is 530 g/mol.